The molecule has 0 N–H and O–H groups in total. The molecule has 4 nitrogen and oxygen atoms in total. The van der Waals surface area contributed by atoms with Gasteiger partial charge in [0.15, 0.2) is 11.0 Å². The van der Waals surface area contributed by atoms with Gasteiger partial charge in [-0.15, -0.1) is 0 Å². The zero-order valence-electron chi connectivity index (χ0n) is 7.08. The summed E-state index contributed by atoms with van der Waals surface area (Å²) >= 11 is 1.33. The van der Waals surface area contributed by atoms with Gasteiger partial charge in [-0.2, -0.15) is 0 Å². The molecule has 1 aromatic rings. The van der Waals surface area contributed by atoms with Crippen LogP contribution in [0.2, 0.25) is 0 Å². The Hall–Kier alpha value is -0.970. The summed E-state index contributed by atoms with van der Waals surface area (Å²) in [5.74, 6) is 0.0101. The molecule has 0 atom stereocenters. The standard InChI is InChI=1S/C7H9NO3S/c1-4-8-5(6(9)10-2)7(11-4)12-3/h1-3H3. The monoisotopic (exact) mass is 187 g/mol. The van der Waals surface area contributed by atoms with Crippen LogP contribution in [-0.2, 0) is 4.74 Å². The van der Waals surface area contributed by atoms with E-state index in [0.717, 1.165) is 0 Å². The smallest absolute Gasteiger partial charge is 0.361 e. The van der Waals surface area contributed by atoms with Gasteiger partial charge in [0, 0.05) is 6.92 Å². The Bertz CT molecular complexity index is 295. The molecule has 0 radical (unpaired) electrons. The molecule has 0 spiro atoms. The predicted octanol–water partition coefficient (Wildman–Crippen LogP) is 1.49. The van der Waals surface area contributed by atoms with E-state index in [1.54, 1.807) is 6.92 Å². The summed E-state index contributed by atoms with van der Waals surface area (Å²) in [5, 5.41) is 0.499. The number of methoxy groups -OCH3 is 1. The Kier molecular flexibility index (Phi) is 2.75. The van der Waals surface area contributed by atoms with Crippen molar-refractivity contribution >= 4 is 17.7 Å². The summed E-state index contributed by atoms with van der Waals surface area (Å²) in [6, 6.07) is 0. The lowest BCUT2D eigenvalue weighted by Gasteiger charge is -1.93. The van der Waals surface area contributed by atoms with Crippen LogP contribution in [0, 0.1) is 6.92 Å². The first-order chi connectivity index (χ1) is 5.69. The SMILES string of the molecule is COC(=O)c1nc(C)oc1SC. The van der Waals surface area contributed by atoms with Gasteiger partial charge in [0.1, 0.15) is 0 Å². The Morgan fingerprint density at radius 1 is 1.67 bits per heavy atom. The van der Waals surface area contributed by atoms with E-state index >= 15 is 0 Å². The van der Waals surface area contributed by atoms with Crippen molar-refractivity contribution in [3.8, 4) is 0 Å². The number of carbonyl (C=O) groups excluding carboxylic acids is 1. The number of oxazole rings is 1. The fourth-order valence-electron chi connectivity index (χ4n) is 0.772. The maximum Gasteiger partial charge on any atom is 0.361 e. The van der Waals surface area contributed by atoms with Gasteiger partial charge in [0.2, 0.25) is 5.69 Å². The lowest BCUT2D eigenvalue weighted by Crippen LogP contribution is -2.02. The fourth-order valence-corrected chi connectivity index (χ4v) is 1.30. The average Bonchev–Trinajstić information content (AvgIpc) is 2.45. The molecule has 66 valence electrons. The third-order valence-electron chi connectivity index (χ3n) is 1.27. The van der Waals surface area contributed by atoms with Crippen LogP contribution in [-0.4, -0.2) is 24.3 Å². The van der Waals surface area contributed by atoms with Crippen molar-refractivity contribution in [1.82, 2.24) is 4.98 Å². The van der Waals surface area contributed by atoms with Gasteiger partial charge in [-0.1, -0.05) is 11.8 Å². The lowest BCUT2D eigenvalue weighted by molar-refractivity contribution is 0.0588. The second-order valence-electron chi connectivity index (χ2n) is 2.06. The van der Waals surface area contributed by atoms with Crippen LogP contribution in [0.4, 0.5) is 0 Å². The minimum atomic E-state index is -0.462. The third kappa shape index (κ3) is 1.61. The number of aryl methyl sites for hydroxylation is 1. The van der Waals surface area contributed by atoms with E-state index in [4.69, 9.17) is 4.42 Å². The number of hydrogen-bond acceptors (Lipinski definition) is 5. The van der Waals surface area contributed by atoms with Gasteiger partial charge in [0.25, 0.3) is 0 Å². The molecule has 1 rings (SSSR count). The fraction of sp³-hybridized carbons (Fsp3) is 0.429. The van der Waals surface area contributed by atoms with E-state index < -0.39 is 5.97 Å². The van der Waals surface area contributed by atoms with Crippen molar-refractivity contribution in [2.45, 2.75) is 12.0 Å². The minimum Gasteiger partial charge on any atom is -0.464 e. The number of carbonyl (C=O) groups is 1. The second-order valence-corrected chi connectivity index (χ2v) is 2.84. The van der Waals surface area contributed by atoms with E-state index in [2.05, 4.69) is 9.72 Å². The van der Waals surface area contributed by atoms with Crippen LogP contribution in [0.1, 0.15) is 16.4 Å². The predicted molar refractivity (Wildman–Crippen MR) is 44.4 cm³/mol. The van der Waals surface area contributed by atoms with Gasteiger partial charge in [-0.05, 0) is 6.26 Å². The molecular weight excluding hydrogens is 178 g/mol. The first kappa shape index (κ1) is 9.12. The highest BCUT2D eigenvalue weighted by atomic mass is 32.2. The Morgan fingerprint density at radius 2 is 2.33 bits per heavy atom. The maximum atomic E-state index is 11.0. The van der Waals surface area contributed by atoms with Crippen LogP contribution < -0.4 is 0 Å². The largest absolute Gasteiger partial charge is 0.464 e. The van der Waals surface area contributed by atoms with Gasteiger partial charge >= 0.3 is 5.97 Å². The van der Waals surface area contributed by atoms with Crippen molar-refractivity contribution in [2.24, 2.45) is 0 Å². The van der Waals surface area contributed by atoms with Gasteiger partial charge < -0.3 is 9.15 Å². The van der Waals surface area contributed by atoms with E-state index in [9.17, 15) is 4.79 Å². The van der Waals surface area contributed by atoms with E-state index in [0.29, 0.717) is 11.0 Å². The highest BCUT2D eigenvalue weighted by Crippen LogP contribution is 2.21. The van der Waals surface area contributed by atoms with Crippen LogP contribution >= 0.6 is 11.8 Å². The number of nitrogens with zero attached hydrogens (tertiary/aromatic N) is 1. The Labute approximate surface area is 74.3 Å². The topological polar surface area (TPSA) is 52.3 Å². The van der Waals surface area contributed by atoms with Crippen LogP contribution in [0.3, 0.4) is 0 Å². The van der Waals surface area contributed by atoms with Crippen molar-refractivity contribution in [3.63, 3.8) is 0 Å². The number of esters is 1. The van der Waals surface area contributed by atoms with Crippen molar-refractivity contribution in [1.29, 1.82) is 0 Å². The van der Waals surface area contributed by atoms with E-state index in [1.165, 1.54) is 18.9 Å². The van der Waals surface area contributed by atoms with E-state index in [1.807, 2.05) is 6.26 Å². The summed E-state index contributed by atoms with van der Waals surface area (Å²) in [7, 11) is 1.32. The molecule has 0 fully saturated rings. The average molecular weight is 187 g/mol. The number of rotatable bonds is 2. The van der Waals surface area contributed by atoms with Gasteiger partial charge in [0.05, 0.1) is 7.11 Å². The second kappa shape index (κ2) is 3.62. The molecule has 0 unspecified atom stereocenters. The number of thioether (sulfide) groups is 1. The first-order valence-electron chi connectivity index (χ1n) is 3.28. The minimum absolute atomic E-state index is 0.252. The summed E-state index contributed by atoms with van der Waals surface area (Å²) in [6.07, 6.45) is 1.81. The number of aromatic nitrogens is 1. The molecule has 5 heteroatoms. The molecule has 0 aliphatic heterocycles. The summed E-state index contributed by atoms with van der Waals surface area (Å²) < 4.78 is 9.66. The Morgan fingerprint density at radius 3 is 2.83 bits per heavy atom. The first-order valence-corrected chi connectivity index (χ1v) is 4.51. The number of hydrogen-bond donors (Lipinski definition) is 0. The summed E-state index contributed by atoms with van der Waals surface area (Å²) in [6.45, 7) is 1.69. The third-order valence-corrected chi connectivity index (χ3v) is 1.91. The normalized spacial score (nSPS) is 9.92. The summed E-state index contributed by atoms with van der Waals surface area (Å²) in [5.41, 5.74) is 0.252. The molecule has 12 heavy (non-hydrogen) atoms. The zero-order chi connectivity index (χ0) is 9.14. The van der Waals surface area contributed by atoms with Crippen LogP contribution in [0.5, 0.6) is 0 Å². The molecule has 0 amide bonds. The lowest BCUT2D eigenvalue weighted by atomic mass is 10.5. The molecule has 0 aliphatic carbocycles. The van der Waals surface area contributed by atoms with Gasteiger partial charge in [-0.3, -0.25) is 0 Å². The van der Waals surface area contributed by atoms with Crippen molar-refractivity contribution in [3.05, 3.63) is 11.6 Å². The zero-order valence-corrected chi connectivity index (χ0v) is 7.90. The quantitative estimate of drug-likeness (QED) is 0.518. The Balaban J connectivity index is 3.04. The molecule has 1 aromatic heterocycles. The van der Waals surface area contributed by atoms with Crippen molar-refractivity contribution in [2.75, 3.05) is 13.4 Å². The summed E-state index contributed by atoms with van der Waals surface area (Å²) in [4.78, 5) is 14.9. The highest BCUT2D eigenvalue weighted by Gasteiger charge is 2.17. The highest BCUT2D eigenvalue weighted by molar-refractivity contribution is 7.98. The maximum absolute atomic E-state index is 11.0. The van der Waals surface area contributed by atoms with Crippen molar-refractivity contribution < 1.29 is 13.9 Å². The molecule has 0 bridgehead atoms. The van der Waals surface area contributed by atoms with Crippen LogP contribution in [0.25, 0.3) is 0 Å². The van der Waals surface area contributed by atoms with Crippen LogP contribution in [0.15, 0.2) is 9.51 Å². The molecule has 0 saturated heterocycles. The van der Waals surface area contributed by atoms with Gasteiger partial charge in [-0.25, -0.2) is 9.78 Å². The molecule has 0 saturated carbocycles. The molecule has 1 heterocycles. The number of ether oxygens (including phenoxy) is 1. The van der Waals surface area contributed by atoms with E-state index in [-0.39, 0.29) is 5.69 Å². The molecule has 0 aliphatic rings. The molecule has 0 aromatic carbocycles. The molecular formula is C7H9NO3S.